The average Bonchev–Trinajstić information content (AvgIpc) is 2.33. The molecule has 19 heavy (non-hydrogen) atoms. The molecule has 0 bridgehead atoms. The number of rotatable bonds is 7. The summed E-state index contributed by atoms with van der Waals surface area (Å²) in [6.07, 6.45) is 2.03. The Bertz CT molecular complexity index is 430. The first kappa shape index (κ1) is 15.6. The molecule has 0 radical (unpaired) electrons. The van der Waals surface area contributed by atoms with Crippen LogP contribution in [0.4, 0.5) is 5.69 Å². The molecule has 0 saturated heterocycles. The molecule has 1 aromatic carbocycles. The second-order valence-electron chi connectivity index (χ2n) is 5.39. The van der Waals surface area contributed by atoms with E-state index in [1.807, 2.05) is 12.1 Å². The second kappa shape index (κ2) is 7.24. The lowest BCUT2D eigenvalue weighted by atomic mass is 9.95. The van der Waals surface area contributed by atoms with Crippen LogP contribution in [0.5, 0.6) is 0 Å². The van der Waals surface area contributed by atoms with Crippen molar-refractivity contribution in [2.75, 3.05) is 6.54 Å². The fourth-order valence-corrected chi connectivity index (χ4v) is 2.18. The highest BCUT2D eigenvalue weighted by molar-refractivity contribution is 5.42. The van der Waals surface area contributed by atoms with E-state index < -0.39 is 0 Å². The maximum Gasteiger partial charge on any atom is 0.272 e. The monoisotopic (exact) mass is 264 g/mol. The van der Waals surface area contributed by atoms with Crippen LogP contribution in [0.1, 0.15) is 38.3 Å². The smallest absolute Gasteiger partial charge is 0.272 e. The van der Waals surface area contributed by atoms with Crippen LogP contribution in [-0.4, -0.2) is 17.5 Å². The highest BCUT2D eigenvalue weighted by Crippen LogP contribution is 2.20. The summed E-state index contributed by atoms with van der Waals surface area (Å²) in [6.45, 7) is 9.36. The van der Waals surface area contributed by atoms with Crippen molar-refractivity contribution in [1.82, 2.24) is 5.32 Å². The summed E-state index contributed by atoms with van der Waals surface area (Å²) in [6, 6.07) is 5.83. The quantitative estimate of drug-likeness (QED) is 0.606. The number of benzene rings is 1. The molecular formula is C15H24N2O2. The molecule has 0 aromatic heterocycles. The van der Waals surface area contributed by atoms with E-state index in [4.69, 9.17) is 0 Å². The Labute approximate surface area is 115 Å². The number of hydrogen-bond donors (Lipinski definition) is 1. The largest absolute Gasteiger partial charge is 0.313 e. The van der Waals surface area contributed by atoms with Crippen molar-refractivity contribution in [3.05, 3.63) is 39.4 Å². The van der Waals surface area contributed by atoms with Gasteiger partial charge in [-0.05, 0) is 43.9 Å². The van der Waals surface area contributed by atoms with E-state index in [-0.39, 0.29) is 10.6 Å². The SMILES string of the molecule is CCCNC(Cc1ccc([N+](=O)[O-])c(C)c1)C(C)C. The van der Waals surface area contributed by atoms with Gasteiger partial charge in [-0.1, -0.05) is 26.8 Å². The molecule has 1 rings (SSSR count). The van der Waals surface area contributed by atoms with Gasteiger partial charge in [0.05, 0.1) is 4.92 Å². The van der Waals surface area contributed by atoms with Crippen molar-refractivity contribution in [2.45, 2.75) is 46.6 Å². The van der Waals surface area contributed by atoms with Crippen molar-refractivity contribution in [1.29, 1.82) is 0 Å². The van der Waals surface area contributed by atoms with Gasteiger partial charge in [0, 0.05) is 17.7 Å². The Morgan fingerprint density at radius 2 is 2.05 bits per heavy atom. The molecule has 0 spiro atoms. The van der Waals surface area contributed by atoms with Crippen LogP contribution in [0, 0.1) is 23.0 Å². The standard InChI is InChI=1S/C15H24N2O2/c1-5-8-16-14(11(2)3)10-13-6-7-15(17(18)19)12(4)9-13/h6-7,9,11,14,16H,5,8,10H2,1-4H3. The average molecular weight is 264 g/mol. The van der Waals surface area contributed by atoms with Gasteiger partial charge in [-0.15, -0.1) is 0 Å². The van der Waals surface area contributed by atoms with Gasteiger partial charge in [0.15, 0.2) is 0 Å². The first-order chi connectivity index (χ1) is 8.95. The summed E-state index contributed by atoms with van der Waals surface area (Å²) in [7, 11) is 0. The van der Waals surface area contributed by atoms with Gasteiger partial charge < -0.3 is 5.32 Å². The van der Waals surface area contributed by atoms with E-state index in [0.717, 1.165) is 30.5 Å². The van der Waals surface area contributed by atoms with Crippen molar-refractivity contribution >= 4 is 5.69 Å². The summed E-state index contributed by atoms with van der Waals surface area (Å²) in [4.78, 5) is 10.5. The minimum Gasteiger partial charge on any atom is -0.313 e. The molecule has 106 valence electrons. The van der Waals surface area contributed by atoms with Crippen molar-refractivity contribution in [3.63, 3.8) is 0 Å². The van der Waals surface area contributed by atoms with Gasteiger partial charge in [0.25, 0.3) is 5.69 Å². The van der Waals surface area contributed by atoms with E-state index >= 15 is 0 Å². The molecule has 1 atom stereocenters. The summed E-state index contributed by atoms with van der Waals surface area (Å²) in [5.41, 5.74) is 2.09. The third-order valence-corrected chi connectivity index (χ3v) is 3.37. The van der Waals surface area contributed by atoms with Crippen LogP contribution in [0.15, 0.2) is 18.2 Å². The topological polar surface area (TPSA) is 55.2 Å². The minimum atomic E-state index is -0.325. The first-order valence-corrected chi connectivity index (χ1v) is 6.93. The van der Waals surface area contributed by atoms with Crippen molar-refractivity contribution < 1.29 is 4.92 Å². The van der Waals surface area contributed by atoms with Crippen LogP contribution >= 0.6 is 0 Å². The van der Waals surface area contributed by atoms with Gasteiger partial charge in [-0.2, -0.15) is 0 Å². The molecular weight excluding hydrogens is 240 g/mol. The Kier molecular flexibility index (Phi) is 5.96. The second-order valence-corrected chi connectivity index (χ2v) is 5.39. The Hall–Kier alpha value is -1.42. The molecule has 4 nitrogen and oxygen atoms in total. The molecule has 0 heterocycles. The molecule has 0 saturated carbocycles. The summed E-state index contributed by atoms with van der Waals surface area (Å²) in [5.74, 6) is 0.544. The maximum atomic E-state index is 10.8. The van der Waals surface area contributed by atoms with Crippen molar-refractivity contribution in [2.24, 2.45) is 5.92 Å². The molecule has 0 fully saturated rings. The van der Waals surface area contributed by atoms with Crippen molar-refractivity contribution in [3.8, 4) is 0 Å². The number of nitro groups is 1. The first-order valence-electron chi connectivity index (χ1n) is 6.93. The Morgan fingerprint density at radius 1 is 1.37 bits per heavy atom. The van der Waals surface area contributed by atoms with E-state index in [2.05, 4.69) is 26.1 Å². The lowest BCUT2D eigenvalue weighted by Crippen LogP contribution is -2.36. The maximum absolute atomic E-state index is 10.8. The number of nitrogens with one attached hydrogen (secondary N) is 1. The highest BCUT2D eigenvalue weighted by atomic mass is 16.6. The molecule has 1 N–H and O–H groups in total. The zero-order chi connectivity index (χ0) is 14.4. The third kappa shape index (κ3) is 4.63. The third-order valence-electron chi connectivity index (χ3n) is 3.37. The van der Waals surface area contributed by atoms with Crippen LogP contribution in [-0.2, 0) is 6.42 Å². The molecule has 4 heteroatoms. The zero-order valence-corrected chi connectivity index (χ0v) is 12.3. The van der Waals surface area contributed by atoms with Crippen LogP contribution < -0.4 is 5.32 Å². The van der Waals surface area contributed by atoms with Gasteiger partial charge in [0.1, 0.15) is 0 Å². The van der Waals surface area contributed by atoms with Gasteiger partial charge in [0.2, 0.25) is 0 Å². The highest BCUT2D eigenvalue weighted by Gasteiger charge is 2.15. The molecule has 0 amide bonds. The van der Waals surface area contributed by atoms with Gasteiger partial charge >= 0.3 is 0 Å². The Morgan fingerprint density at radius 3 is 2.53 bits per heavy atom. The number of hydrogen-bond acceptors (Lipinski definition) is 3. The number of nitro benzene ring substituents is 1. The summed E-state index contributed by atoms with van der Waals surface area (Å²) in [5, 5.41) is 14.3. The number of nitrogens with zero attached hydrogens (tertiary/aromatic N) is 1. The molecule has 1 unspecified atom stereocenters. The zero-order valence-electron chi connectivity index (χ0n) is 12.3. The predicted molar refractivity (Wildman–Crippen MR) is 78.5 cm³/mol. The fourth-order valence-electron chi connectivity index (χ4n) is 2.18. The molecule has 0 aliphatic carbocycles. The molecule has 0 aliphatic rings. The summed E-state index contributed by atoms with van der Waals surface area (Å²) < 4.78 is 0. The number of aryl methyl sites for hydroxylation is 1. The lowest BCUT2D eigenvalue weighted by Gasteiger charge is -2.22. The van der Waals surface area contributed by atoms with E-state index in [1.165, 1.54) is 0 Å². The van der Waals surface area contributed by atoms with E-state index in [1.54, 1.807) is 13.0 Å². The van der Waals surface area contributed by atoms with Gasteiger partial charge in [-0.3, -0.25) is 10.1 Å². The minimum absolute atomic E-state index is 0.200. The fraction of sp³-hybridized carbons (Fsp3) is 0.600. The van der Waals surface area contributed by atoms with Crippen LogP contribution in [0.2, 0.25) is 0 Å². The van der Waals surface area contributed by atoms with E-state index in [9.17, 15) is 10.1 Å². The van der Waals surface area contributed by atoms with E-state index in [0.29, 0.717) is 12.0 Å². The Balaban J connectivity index is 2.79. The predicted octanol–water partition coefficient (Wildman–Crippen LogP) is 3.47. The summed E-state index contributed by atoms with van der Waals surface area (Å²) >= 11 is 0. The lowest BCUT2D eigenvalue weighted by molar-refractivity contribution is -0.385. The van der Waals surface area contributed by atoms with Crippen LogP contribution in [0.3, 0.4) is 0 Å². The van der Waals surface area contributed by atoms with Crippen LogP contribution in [0.25, 0.3) is 0 Å². The van der Waals surface area contributed by atoms with Gasteiger partial charge in [-0.25, -0.2) is 0 Å². The molecule has 0 aliphatic heterocycles. The molecule has 1 aromatic rings. The normalized spacial score (nSPS) is 12.7.